The van der Waals surface area contributed by atoms with Crippen LogP contribution in [0.3, 0.4) is 0 Å². The number of carbonyl (C=O) groups excluding carboxylic acids is 1. The summed E-state index contributed by atoms with van der Waals surface area (Å²) in [5, 5.41) is 3.87. The maximum Gasteiger partial charge on any atom is 0.255 e. The lowest BCUT2D eigenvalue weighted by Gasteiger charge is -2.33. The molecule has 1 fully saturated rings. The number of rotatable bonds is 6. The Morgan fingerprint density at radius 3 is 2.73 bits per heavy atom. The van der Waals surface area contributed by atoms with Crippen LogP contribution >= 0.6 is 0 Å². The molecule has 0 radical (unpaired) electrons. The van der Waals surface area contributed by atoms with Crippen molar-refractivity contribution in [2.24, 2.45) is 5.92 Å². The average Bonchev–Trinajstić information content (AvgIpc) is 2.96. The van der Waals surface area contributed by atoms with Crippen molar-refractivity contribution in [2.75, 3.05) is 53.4 Å². The monoisotopic (exact) mass is 359 g/mol. The van der Waals surface area contributed by atoms with Crippen LogP contribution in [0.25, 0.3) is 11.0 Å². The summed E-state index contributed by atoms with van der Waals surface area (Å²) in [6, 6.07) is 5.54. The molecule has 0 bridgehead atoms. The van der Waals surface area contributed by atoms with Gasteiger partial charge in [0.25, 0.3) is 5.91 Å². The highest BCUT2D eigenvalue weighted by atomic mass is 16.5. The lowest BCUT2D eigenvalue weighted by atomic mass is 10.1. The fourth-order valence-corrected chi connectivity index (χ4v) is 3.50. The summed E-state index contributed by atoms with van der Waals surface area (Å²) >= 11 is 0. The van der Waals surface area contributed by atoms with E-state index in [9.17, 15) is 4.79 Å². The second kappa shape index (κ2) is 8.10. The number of nitrogens with one attached hydrogen (secondary N) is 1. The standard InChI is InChI=1S/C20H29N3O3/c1-14(13-23-9-7-22(3)8-10-23)12-21-20(24)19-15(2)26-18-6-5-16(25-4)11-17(18)19/h5-6,11,14H,7-10,12-13H2,1-4H3,(H,21,24). The Balaban J connectivity index is 1.61. The Morgan fingerprint density at radius 1 is 1.31 bits per heavy atom. The van der Waals surface area contributed by atoms with E-state index in [2.05, 4.69) is 29.1 Å². The van der Waals surface area contributed by atoms with Crippen molar-refractivity contribution in [2.45, 2.75) is 13.8 Å². The SMILES string of the molecule is COc1ccc2oc(C)c(C(=O)NCC(C)CN3CCN(C)CC3)c2c1. The van der Waals surface area contributed by atoms with E-state index >= 15 is 0 Å². The lowest BCUT2D eigenvalue weighted by Crippen LogP contribution is -2.46. The highest BCUT2D eigenvalue weighted by Crippen LogP contribution is 2.29. The van der Waals surface area contributed by atoms with Crippen molar-refractivity contribution in [1.29, 1.82) is 0 Å². The third-order valence-electron chi connectivity index (χ3n) is 5.08. The molecule has 1 atom stereocenters. The summed E-state index contributed by atoms with van der Waals surface area (Å²) in [4.78, 5) is 17.6. The molecule has 1 N–H and O–H groups in total. The van der Waals surface area contributed by atoms with Gasteiger partial charge < -0.3 is 24.3 Å². The van der Waals surface area contributed by atoms with Crippen molar-refractivity contribution in [1.82, 2.24) is 15.1 Å². The molecule has 1 aromatic carbocycles. The van der Waals surface area contributed by atoms with Gasteiger partial charge in [-0.1, -0.05) is 6.92 Å². The number of hydrogen-bond acceptors (Lipinski definition) is 5. The number of aryl methyl sites for hydroxylation is 1. The molecule has 0 spiro atoms. The minimum atomic E-state index is -0.0836. The summed E-state index contributed by atoms with van der Waals surface area (Å²) < 4.78 is 11.0. The van der Waals surface area contributed by atoms with Gasteiger partial charge in [-0.2, -0.15) is 0 Å². The minimum absolute atomic E-state index is 0.0836. The van der Waals surface area contributed by atoms with Crippen LogP contribution in [-0.4, -0.2) is 69.1 Å². The van der Waals surface area contributed by atoms with Gasteiger partial charge in [-0.25, -0.2) is 0 Å². The van der Waals surface area contributed by atoms with Crippen LogP contribution < -0.4 is 10.1 Å². The predicted octanol–water partition coefficient (Wildman–Crippen LogP) is 2.36. The van der Waals surface area contributed by atoms with Crippen LogP contribution in [0.5, 0.6) is 5.75 Å². The van der Waals surface area contributed by atoms with Crippen LogP contribution in [0.15, 0.2) is 22.6 Å². The van der Waals surface area contributed by atoms with E-state index in [1.165, 1.54) is 0 Å². The van der Waals surface area contributed by atoms with Gasteiger partial charge in [-0.3, -0.25) is 4.79 Å². The normalized spacial score (nSPS) is 17.4. The quantitative estimate of drug-likeness (QED) is 0.858. The molecule has 1 aliphatic heterocycles. The van der Waals surface area contributed by atoms with Crippen molar-refractivity contribution >= 4 is 16.9 Å². The summed E-state index contributed by atoms with van der Waals surface area (Å²) in [6.45, 7) is 10.1. The third-order valence-corrected chi connectivity index (χ3v) is 5.08. The molecule has 1 aliphatic rings. The van der Waals surface area contributed by atoms with Gasteiger partial charge >= 0.3 is 0 Å². The van der Waals surface area contributed by atoms with Gasteiger partial charge in [0.2, 0.25) is 0 Å². The summed E-state index contributed by atoms with van der Waals surface area (Å²) in [5.41, 5.74) is 1.31. The molecule has 0 saturated carbocycles. The van der Waals surface area contributed by atoms with E-state index in [0.29, 0.717) is 29.4 Å². The number of likely N-dealkylation sites (N-methyl/N-ethyl adjacent to an activating group) is 1. The van der Waals surface area contributed by atoms with Gasteiger partial charge in [0.1, 0.15) is 17.1 Å². The van der Waals surface area contributed by atoms with E-state index in [-0.39, 0.29) is 5.91 Å². The van der Waals surface area contributed by atoms with Crippen LogP contribution in [0.1, 0.15) is 23.0 Å². The number of amides is 1. The number of nitrogens with zero attached hydrogens (tertiary/aromatic N) is 2. The van der Waals surface area contributed by atoms with Gasteiger partial charge in [0.15, 0.2) is 0 Å². The molecule has 1 amide bonds. The first kappa shape index (κ1) is 18.7. The fourth-order valence-electron chi connectivity index (χ4n) is 3.50. The summed E-state index contributed by atoms with van der Waals surface area (Å²) in [5.74, 6) is 1.67. The first-order valence-corrected chi connectivity index (χ1v) is 9.24. The number of furan rings is 1. The van der Waals surface area contributed by atoms with Gasteiger partial charge in [-0.15, -0.1) is 0 Å². The van der Waals surface area contributed by atoms with Gasteiger partial charge in [-0.05, 0) is 38.1 Å². The number of carbonyl (C=O) groups is 1. The zero-order valence-electron chi connectivity index (χ0n) is 16.2. The summed E-state index contributed by atoms with van der Waals surface area (Å²) in [7, 11) is 3.78. The van der Waals surface area contributed by atoms with Crippen LogP contribution in [-0.2, 0) is 0 Å². The number of ether oxygens (including phenoxy) is 1. The second-order valence-corrected chi connectivity index (χ2v) is 7.31. The molecule has 1 saturated heterocycles. The van der Waals surface area contributed by atoms with Gasteiger partial charge in [0, 0.05) is 44.7 Å². The molecule has 3 rings (SSSR count). The van der Waals surface area contributed by atoms with Crippen LogP contribution in [0.2, 0.25) is 0 Å². The summed E-state index contributed by atoms with van der Waals surface area (Å²) in [6.07, 6.45) is 0. The number of benzene rings is 1. The Kier molecular flexibility index (Phi) is 5.84. The van der Waals surface area contributed by atoms with E-state index < -0.39 is 0 Å². The smallest absolute Gasteiger partial charge is 0.255 e. The fraction of sp³-hybridized carbons (Fsp3) is 0.550. The average molecular weight is 359 g/mol. The molecule has 6 heteroatoms. The maximum absolute atomic E-state index is 12.7. The maximum atomic E-state index is 12.7. The van der Waals surface area contributed by atoms with Crippen LogP contribution in [0.4, 0.5) is 0 Å². The first-order chi connectivity index (χ1) is 12.5. The number of fused-ring (bicyclic) bond motifs is 1. The topological polar surface area (TPSA) is 58.0 Å². The molecule has 142 valence electrons. The predicted molar refractivity (Wildman–Crippen MR) is 103 cm³/mol. The van der Waals surface area contributed by atoms with E-state index in [1.54, 1.807) is 7.11 Å². The molecular weight excluding hydrogens is 330 g/mol. The highest BCUT2D eigenvalue weighted by Gasteiger charge is 2.20. The van der Waals surface area contributed by atoms with Gasteiger partial charge in [0.05, 0.1) is 12.7 Å². The molecule has 2 aromatic rings. The molecule has 26 heavy (non-hydrogen) atoms. The van der Waals surface area contributed by atoms with Crippen molar-refractivity contribution < 1.29 is 13.9 Å². The zero-order chi connectivity index (χ0) is 18.7. The van der Waals surface area contributed by atoms with Crippen molar-refractivity contribution in [3.05, 3.63) is 29.5 Å². The van der Waals surface area contributed by atoms with Crippen molar-refractivity contribution in [3.63, 3.8) is 0 Å². The molecule has 6 nitrogen and oxygen atoms in total. The van der Waals surface area contributed by atoms with Crippen molar-refractivity contribution in [3.8, 4) is 5.75 Å². The Bertz CT molecular complexity index is 763. The highest BCUT2D eigenvalue weighted by molar-refractivity contribution is 6.07. The van der Waals surface area contributed by atoms with E-state index in [0.717, 1.165) is 43.9 Å². The molecule has 1 aromatic heterocycles. The molecular formula is C20H29N3O3. The lowest BCUT2D eigenvalue weighted by molar-refractivity contribution is 0.0937. The molecule has 2 heterocycles. The third kappa shape index (κ3) is 4.19. The molecule has 0 aliphatic carbocycles. The Labute approximate surface area is 155 Å². The Hall–Kier alpha value is -2.05. The number of piperazine rings is 1. The second-order valence-electron chi connectivity index (χ2n) is 7.31. The largest absolute Gasteiger partial charge is 0.497 e. The minimum Gasteiger partial charge on any atom is -0.497 e. The van der Waals surface area contributed by atoms with E-state index in [1.807, 2.05) is 25.1 Å². The van der Waals surface area contributed by atoms with Crippen LogP contribution in [0, 0.1) is 12.8 Å². The van der Waals surface area contributed by atoms with E-state index in [4.69, 9.17) is 9.15 Å². The number of hydrogen-bond donors (Lipinski definition) is 1. The Morgan fingerprint density at radius 2 is 2.04 bits per heavy atom. The molecule has 1 unspecified atom stereocenters. The zero-order valence-corrected chi connectivity index (χ0v) is 16.2. The number of methoxy groups -OCH3 is 1. The first-order valence-electron chi connectivity index (χ1n) is 9.24.